The lowest BCUT2D eigenvalue weighted by molar-refractivity contribution is -0.301. The molecule has 12 nitrogen and oxygen atoms in total. The van der Waals surface area contributed by atoms with Crippen molar-refractivity contribution in [2.24, 2.45) is 0 Å². The van der Waals surface area contributed by atoms with Gasteiger partial charge in [-0.3, -0.25) is 14.4 Å². The summed E-state index contributed by atoms with van der Waals surface area (Å²) in [5, 5.41) is 31.5. The van der Waals surface area contributed by atoms with Gasteiger partial charge in [-0.1, -0.05) is 207 Å². The summed E-state index contributed by atoms with van der Waals surface area (Å²) in [6, 6.07) is 0. The standard InChI is InChI=1S/C65H104O12/c1-4-7-10-13-16-19-22-25-28-29-32-33-36-39-42-45-48-51-57(66)73-54-56(75-58(67)52-49-46-43-40-37-34-30-26-23-20-17-14-11-8-5-2)55-74-65-63(61(70)60(69)62(77-65)64(71)72)76-59(68)53-50-47-44-41-38-35-31-27-24-21-18-15-12-9-6-3/h8,11,16-21,25-28,30-31,37,40,46,49,56,60-63,65,69-70H,4-7,9-10,12-15,22-24,29,32-36,38-39,41-45,47-48,50-55H2,1-3H3,(H,71,72)/b11-8-,19-16-,20-17-,21-18-,28-25-,30-26-,31-27-,40-37-,49-46-. The molecule has 1 rings (SSSR count). The molecular weight excluding hydrogens is 973 g/mol. The molecule has 436 valence electrons. The van der Waals surface area contributed by atoms with Gasteiger partial charge in [0.1, 0.15) is 18.8 Å². The summed E-state index contributed by atoms with van der Waals surface area (Å²) in [6.45, 7) is 5.72. The molecule has 0 amide bonds. The average Bonchev–Trinajstić information content (AvgIpc) is 3.43. The van der Waals surface area contributed by atoms with E-state index in [0.717, 1.165) is 109 Å². The number of unbranched alkanes of at least 4 members (excludes halogenated alkanes) is 18. The van der Waals surface area contributed by atoms with Gasteiger partial charge in [0.15, 0.2) is 24.6 Å². The van der Waals surface area contributed by atoms with Crippen LogP contribution in [-0.2, 0) is 42.9 Å². The lowest BCUT2D eigenvalue weighted by Crippen LogP contribution is -2.61. The van der Waals surface area contributed by atoms with Gasteiger partial charge in [0, 0.05) is 12.8 Å². The molecule has 0 aromatic heterocycles. The summed E-state index contributed by atoms with van der Waals surface area (Å²) >= 11 is 0. The monoisotopic (exact) mass is 1080 g/mol. The molecule has 77 heavy (non-hydrogen) atoms. The van der Waals surface area contributed by atoms with E-state index < -0.39 is 67.3 Å². The molecule has 1 heterocycles. The lowest BCUT2D eigenvalue weighted by atomic mass is 9.98. The third-order valence-corrected chi connectivity index (χ3v) is 12.8. The van der Waals surface area contributed by atoms with Gasteiger partial charge in [-0.2, -0.15) is 0 Å². The number of hydrogen-bond donors (Lipinski definition) is 3. The fourth-order valence-electron chi connectivity index (χ4n) is 8.27. The Kier molecular flexibility index (Phi) is 47.6. The Morgan fingerprint density at radius 1 is 0.455 bits per heavy atom. The molecule has 3 N–H and O–H groups in total. The molecule has 0 radical (unpaired) electrons. The van der Waals surface area contributed by atoms with Gasteiger partial charge >= 0.3 is 23.9 Å². The second-order valence-electron chi connectivity index (χ2n) is 19.9. The molecule has 1 fully saturated rings. The minimum Gasteiger partial charge on any atom is -0.479 e. The molecule has 1 aliphatic rings. The Labute approximate surface area is 465 Å². The number of carboxylic acid groups (broad SMARTS) is 1. The zero-order chi connectivity index (χ0) is 56.1. The number of hydrogen-bond acceptors (Lipinski definition) is 11. The van der Waals surface area contributed by atoms with Crippen LogP contribution in [-0.4, -0.2) is 89.2 Å². The van der Waals surface area contributed by atoms with Crippen LogP contribution in [0.2, 0.25) is 0 Å². The van der Waals surface area contributed by atoms with Crippen molar-refractivity contribution in [1.29, 1.82) is 0 Å². The number of carbonyl (C=O) groups is 4. The van der Waals surface area contributed by atoms with Crippen LogP contribution in [0.4, 0.5) is 0 Å². The van der Waals surface area contributed by atoms with Gasteiger partial charge < -0.3 is 39.0 Å². The predicted molar refractivity (Wildman–Crippen MR) is 312 cm³/mol. The number of aliphatic hydroxyl groups is 2. The number of carboxylic acids is 1. The zero-order valence-electron chi connectivity index (χ0n) is 47.9. The zero-order valence-corrected chi connectivity index (χ0v) is 47.9. The Morgan fingerprint density at radius 2 is 0.857 bits per heavy atom. The molecule has 0 aromatic rings. The van der Waals surface area contributed by atoms with E-state index in [-0.39, 0.29) is 25.9 Å². The van der Waals surface area contributed by atoms with E-state index in [9.17, 15) is 34.5 Å². The number of esters is 3. The molecule has 6 atom stereocenters. The molecule has 0 bridgehead atoms. The first kappa shape index (κ1) is 70.4. The van der Waals surface area contributed by atoms with Gasteiger partial charge in [0.2, 0.25) is 0 Å². The summed E-state index contributed by atoms with van der Waals surface area (Å²) in [7, 11) is 0. The van der Waals surface area contributed by atoms with Gasteiger partial charge in [-0.05, 0) is 109 Å². The van der Waals surface area contributed by atoms with Crippen molar-refractivity contribution in [3.8, 4) is 0 Å². The first-order chi connectivity index (χ1) is 37.6. The number of ether oxygens (including phenoxy) is 5. The van der Waals surface area contributed by atoms with Gasteiger partial charge in [0.25, 0.3) is 0 Å². The van der Waals surface area contributed by atoms with E-state index >= 15 is 0 Å². The van der Waals surface area contributed by atoms with Crippen LogP contribution in [0.5, 0.6) is 0 Å². The molecular formula is C65H104O12. The molecule has 1 aliphatic heterocycles. The van der Waals surface area contributed by atoms with Crippen LogP contribution in [0.3, 0.4) is 0 Å². The van der Waals surface area contributed by atoms with E-state index in [1.807, 2.05) is 18.2 Å². The highest BCUT2D eigenvalue weighted by molar-refractivity contribution is 5.74. The quantitative estimate of drug-likeness (QED) is 0.0228. The summed E-state index contributed by atoms with van der Waals surface area (Å²) in [5.41, 5.74) is 0. The van der Waals surface area contributed by atoms with Crippen LogP contribution >= 0.6 is 0 Å². The van der Waals surface area contributed by atoms with E-state index in [4.69, 9.17) is 23.7 Å². The summed E-state index contributed by atoms with van der Waals surface area (Å²) in [6.07, 6.45) is 57.9. The smallest absolute Gasteiger partial charge is 0.335 e. The minimum absolute atomic E-state index is 0.0282. The number of aliphatic carboxylic acids is 1. The summed E-state index contributed by atoms with van der Waals surface area (Å²) in [5.74, 6) is -3.33. The average molecular weight is 1080 g/mol. The maximum Gasteiger partial charge on any atom is 0.335 e. The van der Waals surface area contributed by atoms with Gasteiger partial charge in [0.05, 0.1) is 13.0 Å². The van der Waals surface area contributed by atoms with Gasteiger partial charge in [-0.25, -0.2) is 4.79 Å². The molecule has 0 aromatic carbocycles. The number of aliphatic hydroxyl groups excluding tert-OH is 2. The van der Waals surface area contributed by atoms with Crippen molar-refractivity contribution in [3.63, 3.8) is 0 Å². The molecule has 0 aliphatic carbocycles. The van der Waals surface area contributed by atoms with E-state index in [2.05, 4.69) is 106 Å². The maximum absolute atomic E-state index is 13.1. The molecule has 1 saturated heterocycles. The van der Waals surface area contributed by atoms with Crippen molar-refractivity contribution >= 4 is 23.9 Å². The van der Waals surface area contributed by atoms with E-state index in [1.165, 1.54) is 57.8 Å². The Balaban J connectivity index is 2.76. The Hall–Kier alpha value is -4.62. The van der Waals surface area contributed by atoms with Crippen LogP contribution in [0.1, 0.15) is 226 Å². The first-order valence-electron chi connectivity index (χ1n) is 29.9. The molecule has 0 saturated carbocycles. The molecule has 0 spiro atoms. The highest BCUT2D eigenvalue weighted by Gasteiger charge is 2.50. The number of rotatable bonds is 49. The van der Waals surface area contributed by atoms with Crippen LogP contribution < -0.4 is 0 Å². The lowest BCUT2D eigenvalue weighted by Gasteiger charge is -2.40. The fourth-order valence-corrected chi connectivity index (χ4v) is 8.27. The van der Waals surface area contributed by atoms with E-state index in [1.54, 1.807) is 6.08 Å². The number of carbonyl (C=O) groups excluding carboxylic acids is 3. The van der Waals surface area contributed by atoms with E-state index in [0.29, 0.717) is 19.3 Å². The minimum atomic E-state index is -1.93. The van der Waals surface area contributed by atoms with Crippen molar-refractivity contribution in [3.05, 3.63) is 109 Å². The third kappa shape index (κ3) is 42.1. The largest absolute Gasteiger partial charge is 0.479 e. The SMILES string of the molecule is CC/C=C\C/C=C\C/C=C\C/C=C\C/C=C\CC(=O)OC(COC(=O)CCCCCCCCC/C=C\C/C=C\CCCCC)COC1OC(C(=O)O)C(O)C(O)C1OC(=O)CCCCCCC/C=C\C/C=C\CCCCC. The Morgan fingerprint density at radius 3 is 1.31 bits per heavy atom. The van der Waals surface area contributed by atoms with Gasteiger partial charge in [-0.15, -0.1) is 0 Å². The highest BCUT2D eigenvalue weighted by Crippen LogP contribution is 2.26. The second kappa shape index (κ2) is 52.1. The van der Waals surface area contributed by atoms with Crippen molar-refractivity contribution in [2.45, 2.75) is 263 Å². The van der Waals surface area contributed by atoms with Crippen LogP contribution in [0.15, 0.2) is 109 Å². The maximum atomic E-state index is 13.1. The Bertz CT molecular complexity index is 1750. The van der Waals surface area contributed by atoms with Crippen molar-refractivity contribution in [1.82, 2.24) is 0 Å². The summed E-state index contributed by atoms with van der Waals surface area (Å²) < 4.78 is 28.3. The normalized spacial score (nSPS) is 18.8. The van der Waals surface area contributed by atoms with Crippen LogP contribution in [0, 0.1) is 0 Å². The van der Waals surface area contributed by atoms with Crippen molar-refractivity contribution in [2.75, 3.05) is 13.2 Å². The third-order valence-electron chi connectivity index (χ3n) is 12.8. The molecule has 12 heteroatoms. The topological polar surface area (TPSA) is 175 Å². The fraction of sp³-hybridized carbons (Fsp3) is 0.662. The number of allylic oxidation sites excluding steroid dienone is 17. The predicted octanol–water partition coefficient (Wildman–Crippen LogP) is 15.4. The van der Waals surface area contributed by atoms with Crippen LogP contribution in [0.25, 0.3) is 0 Å². The molecule has 6 unspecified atom stereocenters. The highest BCUT2D eigenvalue weighted by atomic mass is 16.7. The van der Waals surface area contributed by atoms with Crippen molar-refractivity contribution < 1.29 is 58.2 Å². The first-order valence-corrected chi connectivity index (χ1v) is 29.9. The summed E-state index contributed by atoms with van der Waals surface area (Å²) in [4.78, 5) is 51.1. The second-order valence-corrected chi connectivity index (χ2v) is 19.9.